The molecule has 0 radical (unpaired) electrons. The van der Waals surface area contributed by atoms with Crippen LogP contribution in [0.25, 0.3) is 109 Å². The third kappa shape index (κ3) is 4.22. The van der Waals surface area contributed by atoms with Gasteiger partial charge in [0.15, 0.2) is 0 Å². The van der Waals surface area contributed by atoms with Gasteiger partial charge in [-0.2, -0.15) is 0 Å². The average molecular weight is 647 g/mol. The van der Waals surface area contributed by atoms with Gasteiger partial charge in [0.1, 0.15) is 11.2 Å². The monoisotopic (exact) mass is 646 g/mol. The smallest absolute Gasteiger partial charge is 0.136 e. The van der Waals surface area contributed by atoms with Gasteiger partial charge in [-0.1, -0.05) is 152 Å². The molecule has 0 aliphatic heterocycles. The van der Waals surface area contributed by atoms with E-state index in [0.717, 1.165) is 22.1 Å². The normalized spacial score (nSPS) is 11.9. The highest BCUT2D eigenvalue weighted by Crippen LogP contribution is 2.46. The molecular formula is C50H30O. The maximum absolute atomic E-state index is 6.55. The summed E-state index contributed by atoms with van der Waals surface area (Å²) in [6.45, 7) is 0. The summed E-state index contributed by atoms with van der Waals surface area (Å²) in [6.07, 6.45) is 0. The van der Waals surface area contributed by atoms with E-state index in [4.69, 9.17) is 4.42 Å². The molecule has 236 valence electrons. The quantitative estimate of drug-likeness (QED) is 0.138. The van der Waals surface area contributed by atoms with Crippen LogP contribution in [-0.2, 0) is 0 Å². The third-order valence-electron chi connectivity index (χ3n) is 10.8. The molecular weight excluding hydrogens is 617 g/mol. The first kappa shape index (κ1) is 28.2. The first-order valence-electron chi connectivity index (χ1n) is 17.6. The van der Waals surface area contributed by atoms with Gasteiger partial charge in [0, 0.05) is 10.8 Å². The van der Waals surface area contributed by atoms with Crippen molar-refractivity contribution in [2.24, 2.45) is 0 Å². The summed E-state index contributed by atoms with van der Waals surface area (Å²) in [5.74, 6) is 0. The lowest BCUT2D eigenvalue weighted by Crippen LogP contribution is -1.91. The maximum Gasteiger partial charge on any atom is 0.136 e. The fraction of sp³-hybridized carbons (Fsp3) is 0. The van der Waals surface area contributed by atoms with Crippen LogP contribution in [0.5, 0.6) is 0 Å². The first-order valence-corrected chi connectivity index (χ1v) is 17.6. The maximum atomic E-state index is 6.55. The van der Waals surface area contributed by atoms with Crippen LogP contribution < -0.4 is 0 Å². The molecule has 1 heteroatoms. The summed E-state index contributed by atoms with van der Waals surface area (Å²) < 4.78 is 6.55. The molecule has 11 rings (SSSR count). The molecule has 11 aromatic rings. The van der Waals surface area contributed by atoms with Gasteiger partial charge in [0.2, 0.25) is 0 Å². The molecule has 1 aromatic heterocycles. The highest BCUT2D eigenvalue weighted by molar-refractivity contribution is 6.23. The molecule has 0 amide bonds. The van der Waals surface area contributed by atoms with E-state index in [2.05, 4.69) is 182 Å². The molecule has 51 heavy (non-hydrogen) atoms. The largest absolute Gasteiger partial charge is 0.456 e. The van der Waals surface area contributed by atoms with E-state index >= 15 is 0 Å². The van der Waals surface area contributed by atoms with Crippen LogP contribution in [0.3, 0.4) is 0 Å². The Morgan fingerprint density at radius 1 is 0.275 bits per heavy atom. The van der Waals surface area contributed by atoms with Crippen molar-refractivity contribution in [3.8, 4) is 33.4 Å². The Kier molecular flexibility index (Phi) is 6.02. The van der Waals surface area contributed by atoms with Crippen molar-refractivity contribution in [3.63, 3.8) is 0 Å². The van der Waals surface area contributed by atoms with Gasteiger partial charge >= 0.3 is 0 Å². The first-order chi connectivity index (χ1) is 25.3. The molecule has 0 saturated heterocycles. The SMILES string of the molecule is c1cc(-c2c3ccccc3c(-c3ccc4c(c3)oc3ccc5ccccc5c34)c3ccccc23)cc(-c2cc3ccccc3c3ccccc23)c1. The third-order valence-corrected chi connectivity index (χ3v) is 10.8. The number of benzene rings is 10. The van der Waals surface area contributed by atoms with Gasteiger partial charge in [-0.3, -0.25) is 0 Å². The Labute approximate surface area is 294 Å². The second-order valence-corrected chi connectivity index (χ2v) is 13.6. The summed E-state index contributed by atoms with van der Waals surface area (Å²) in [4.78, 5) is 0. The van der Waals surface area contributed by atoms with Crippen LogP contribution in [0.4, 0.5) is 0 Å². The molecule has 1 heterocycles. The predicted octanol–water partition coefficient (Wildman–Crippen LogP) is 14.4. The highest BCUT2D eigenvalue weighted by Gasteiger charge is 2.19. The van der Waals surface area contributed by atoms with Crippen LogP contribution in [0.1, 0.15) is 0 Å². The van der Waals surface area contributed by atoms with Gasteiger partial charge < -0.3 is 4.42 Å². The minimum atomic E-state index is 0.909. The predicted molar refractivity (Wildman–Crippen MR) is 218 cm³/mol. The molecule has 0 atom stereocenters. The van der Waals surface area contributed by atoms with Gasteiger partial charge in [0.05, 0.1) is 0 Å². The van der Waals surface area contributed by atoms with E-state index < -0.39 is 0 Å². The van der Waals surface area contributed by atoms with E-state index in [9.17, 15) is 0 Å². The molecule has 0 saturated carbocycles. The lowest BCUT2D eigenvalue weighted by molar-refractivity contribution is 0.669. The number of furan rings is 1. The topological polar surface area (TPSA) is 13.1 Å². The van der Waals surface area contributed by atoms with E-state index in [1.807, 2.05) is 0 Å². The second kappa shape index (κ2) is 10.9. The molecule has 10 aromatic carbocycles. The van der Waals surface area contributed by atoms with Crippen molar-refractivity contribution < 1.29 is 4.42 Å². The van der Waals surface area contributed by atoms with Gasteiger partial charge in [-0.25, -0.2) is 0 Å². The Bertz CT molecular complexity index is 3140. The number of hydrogen-bond donors (Lipinski definition) is 0. The van der Waals surface area contributed by atoms with E-state index in [1.165, 1.54) is 87.1 Å². The molecule has 0 fully saturated rings. The zero-order valence-corrected chi connectivity index (χ0v) is 27.7. The standard InChI is InChI=1S/C50H30O/c1-4-17-37-31(12-1)25-27-46-50(37)44-26-24-35(30-47(44)51-46)49-42-22-9-7-20-40(42)48(41-21-8-10-23-43(41)49)34-15-11-14-32(28-34)45-29-33-13-2-3-16-36(33)38-18-5-6-19-39(38)45/h1-30H. The molecule has 0 unspecified atom stereocenters. The molecule has 0 bridgehead atoms. The molecule has 1 nitrogen and oxygen atoms in total. The van der Waals surface area contributed by atoms with Gasteiger partial charge in [-0.15, -0.1) is 0 Å². The summed E-state index contributed by atoms with van der Waals surface area (Å²) in [5, 5.41) is 14.8. The Balaban J connectivity index is 1.15. The van der Waals surface area contributed by atoms with Crippen LogP contribution in [0.15, 0.2) is 186 Å². The average Bonchev–Trinajstić information content (AvgIpc) is 3.58. The van der Waals surface area contributed by atoms with Crippen LogP contribution in [0.2, 0.25) is 0 Å². The summed E-state index contributed by atoms with van der Waals surface area (Å²) in [6, 6.07) is 66.3. The van der Waals surface area contributed by atoms with Crippen molar-refractivity contribution in [3.05, 3.63) is 182 Å². The number of hydrogen-bond acceptors (Lipinski definition) is 1. The minimum Gasteiger partial charge on any atom is -0.456 e. The van der Waals surface area contributed by atoms with E-state index in [-0.39, 0.29) is 0 Å². The van der Waals surface area contributed by atoms with Gasteiger partial charge in [0.25, 0.3) is 0 Å². The lowest BCUT2D eigenvalue weighted by atomic mass is 9.85. The lowest BCUT2D eigenvalue weighted by Gasteiger charge is -2.18. The molecule has 0 N–H and O–H groups in total. The van der Waals surface area contributed by atoms with Crippen molar-refractivity contribution in [2.75, 3.05) is 0 Å². The van der Waals surface area contributed by atoms with Crippen molar-refractivity contribution in [2.45, 2.75) is 0 Å². The fourth-order valence-electron chi connectivity index (χ4n) is 8.59. The fourth-order valence-corrected chi connectivity index (χ4v) is 8.59. The number of fused-ring (bicyclic) bond motifs is 10. The van der Waals surface area contributed by atoms with E-state index in [1.54, 1.807) is 0 Å². The van der Waals surface area contributed by atoms with Crippen molar-refractivity contribution in [1.82, 2.24) is 0 Å². The molecule has 0 spiro atoms. The Morgan fingerprint density at radius 2 is 0.824 bits per heavy atom. The minimum absolute atomic E-state index is 0.909. The van der Waals surface area contributed by atoms with Crippen LogP contribution >= 0.6 is 0 Å². The highest BCUT2D eigenvalue weighted by atomic mass is 16.3. The van der Waals surface area contributed by atoms with E-state index in [0.29, 0.717) is 0 Å². The van der Waals surface area contributed by atoms with Crippen molar-refractivity contribution in [1.29, 1.82) is 0 Å². The summed E-state index contributed by atoms with van der Waals surface area (Å²) in [7, 11) is 0. The molecule has 0 aliphatic rings. The zero-order valence-electron chi connectivity index (χ0n) is 27.7. The Morgan fingerprint density at radius 3 is 1.53 bits per heavy atom. The number of rotatable bonds is 3. The summed E-state index contributed by atoms with van der Waals surface area (Å²) in [5.41, 5.74) is 9.15. The Hall–Kier alpha value is -6.70. The van der Waals surface area contributed by atoms with Crippen molar-refractivity contribution >= 4 is 75.8 Å². The second-order valence-electron chi connectivity index (χ2n) is 13.6. The summed E-state index contributed by atoms with van der Waals surface area (Å²) >= 11 is 0. The molecule has 0 aliphatic carbocycles. The van der Waals surface area contributed by atoms with Crippen LogP contribution in [0, 0.1) is 0 Å². The van der Waals surface area contributed by atoms with Gasteiger partial charge in [-0.05, 0) is 118 Å². The van der Waals surface area contributed by atoms with Crippen LogP contribution in [-0.4, -0.2) is 0 Å². The zero-order chi connectivity index (χ0) is 33.5.